The minimum absolute atomic E-state index is 0.544. The lowest BCUT2D eigenvalue weighted by Crippen LogP contribution is -2.14. The van der Waals surface area contributed by atoms with Gasteiger partial charge in [0.05, 0.1) is 0 Å². The first-order valence-electron chi connectivity index (χ1n) is 10.2. The van der Waals surface area contributed by atoms with Crippen LogP contribution < -0.4 is 0 Å². The Morgan fingerprint density at radius 3 is 2.23 bits per heavy atom. The van der Waals surface area contributed by atoms with Gasteiger partial charge in [-0.05, 0) is 48.9 Å². The maximum Gasteiger partial charge on any atom is -0.00612 e. The van der Waals surface area contributed by atoms with Gasteiger partial charge in [0.1, 0.15) is 0 Å². The molecule has 22 heavy (non-hydrogen) atoms. The van der Waals surface area contributed by atoms with Crippen LogP contribution >= 0.6 is 0 Å². The van der Waals surface area contributed by atoms with Crippen LogP contribution in [0.25, 0.3) is 0 Å². The van der Waals surface area contributed by atoms with E-state index in [1.54, 1.807) is 0 Å². The highest BCUT2D eigenvalue weighted by molar-refractivity contribution is 5.18. The van der Waals surface area contributed by atoms with Crippen molar-refractivity contribution in [3.63, 3.8) is 0 Å². The van der Waals surface area contributed by atoms with Crippen molar-refractivity contribution < 1.29 is 0 Å². The first-order valence-corrected chi connectivity index (χ1v) is 10.2. The quantitative estimate of drug-likeness (QED) is 0.257. The maximum atomic E-state index is 2.53. The number of hydrogen-bond acceptors (Lipinski definition) is 0. The standard InChI is InChI=1S/C22H42/c1-7-11-13-14-18(5)20(15-12-8-2)17-21-19(6)22(21,10-4)16-9-3/h9,16,18-21H,7-8,10-15,17H2,1-6H3. The minimum atomic E-state index is 0.544. The lowest BCUT2D eigenvalue weighted by Gasteiger charge is -2.25. The van der Waals surface area contributed by atoms with Gasteiger partial charge in [-0.3, -0.25) is 0 Å². The fraction of sp³-hybridized carbons (Fsp3) is 0.909. The average molecular weight is 307 g/mol. The molecule has 0 aromatic rings. The van der Waals surface area contributed by atoms with Gasteiger partial charge < -0.3 is 0 Å². The van der Waals surface area contributed by atoms with Gasteiger partial charge in [0.15, 0.2) is 0 Å². The van der Waals surface area contributed by atoms with E-state index in [1.165, 1.54) is 57.8 Å². The van der Waals surface area contributed by atoms with Crippen molar-refractivity contribution in [2.24, 2.45) is 29.1 Å². The molecule has 0 aliphatic heterocycles. The fourth-order valence-electron chi connectivity index (χ4n) is 4.85. The molecule has 1 rings (SSSR count). The molecule has 1 saturated carbocycles. The zero-order valence-corrected chi connectivity index (χ0v) is 16.3. The van der Waals surface area contributed by atoms with Crippen molar-refractivity contribution in [3.8, 4) is 0 Å². The molecule has 0 aromatic heterocycles. The monoisotopic (exact) mass is 306 g/mol. The van der Waals surface area contributed by atoms with Crippen molar-refractivity contribution in [3.05, 3.63) is 12.2 Å². The Bertz CT molecular complexity index is 316. The number of hydrogen-bond donors (Lipinski definition) is 0. The summed E-state index contributed by atoms with van der Waals surface area (Å²) < 4.78 is 0. The molecule has 5 atom stereocenters. The summed E-state index contributed by atoms with van der Waals surface area (Å²) in [5, 5.41) is 0. The van der Waals surface area contributed by atoms with Crippen LogP contribution in [0.5, 0.6) is 0 Å². The fourth-order valence-corrected chi connectivity index (χ4v) is 4.85. The number of allylic oxidation sites excluding steroid dienone is 2. The molecule has 0 radical (unpaired) electrons. The Balaban J connectivity index is 2.61. The van der Waals surface area contributed by atoms with Gasteiger partial charge in [0.2, 0.25) is 0 Å². The van der Waals surface area contributed by atoms with E-state index in [4.69, 9.17) is 0 Å². The Morgan fingerprint density at radius 2 is 1.68 bits per heavy atom. The molecule has 0 nitrogen and oxygen atoms in total. The molecule has 0 heterocycles. The molecule has 1 aliphatic carbocycles. The molecule has 0 aromatic carbocycles. The average Bonchev–Trinajstić information content (AvgIpc) is 3.07. The molecule has 0 bridgehead atoms. The molecule has 1 fully saturated rings. The molecule has 0 N–H and O–H groups in total. The summed E-state index contributed by atoms with van der Waals surface area (Å²) in [5.41, 5.74) is 0.544. The third-order valence-corrected chi connectivity index (χ3v) is 6.67. The van der Waals surface area contributed by atoms with Gasteiger partial charge in [-0.15, -0.1) is 0 Å². The van der Waals surface area contributed by atoms with E-state index in [9.17, 15) is 0 Å². The lowest BCUT2D eigenvalue weighted by atomic mass is 9.80. The van der Waals surface area contributed by atoms with Gasteiger partial charge in [0, 0.05) is 0 Å². The first-order chi connectivity index (χ1) is 10.6. The zero-order chi connectivity index (χ0) is 16.6. The molecule has 0 saturated heterocycles. The summed E-state index contributed by atoms with van der Waals surface area (Å²) in [6.45, 7) is 14.3. The Labute approximate surface area is 141 Å². The minimum Gasteiger partial charge on any atom is -0.0911 e. The van der Waals surface area contributed by atoms with Crippen LogP contribution in [-0.4, -0.2) is 0 Å². The van der Waals surface area contributed by atoms with E-state index in [0.29, 0.717) is 5.41 Å². The highest BCUT2D eigenvalue weighted by Crippen LogP contribution is 2.64. The summed E-state index contributed by atoms with van der Waals surface area (Å²) in [4.78, 5) is 0. The van der Waals surface area contributed by atoms with Crippen LogP contribution in [-0.2, 0) is 0 Å². The summed E-state index contributed by atoms with van der Waals surface area (Å²) in [5.74, 6) is 3.74. The lowest BCUT2D eigenvalue weighted by molar-refractivity contribution is 0.262. The molecule has 0 amide bonds. The summed E-state index contributed by atoms with van der Waals surface area (Å²) in [6, 6.07) is 0. The Hall–Kier alpha value is -0.260. The third-order valence-electron chi connectivity index (χ3n) is 6.67. The topological polar surface area (TPSA) is 0 Å². The molecule has 1 aliphatic rings. The van der Waals surface area contributed by atoms with Gasteiger partial charge in [-0.25, -0.2) is 0 Å². The zero-order valence-electron chi connectivity index (χ0n) is 16.3. The van der Waals surface area contributed by atoms with Crippen LogP contribution in [0.15, 0.2) is 12.2 Å². The predicted octanol–water partition coefficient (Wildman–Crippen LogP) is 7.64. The molecule has 130 valence electrons. The van der Waals surface area contributed by atoms with Gasteiger partial charge in [0.25, 0.3) is 0 Å². The van der Waals surface area contributed by atoms with Crippen molar-refractivity contribution in [1.82, 2.24) is 0 Å². The van der Waals surface area contributed by atoms with Crippen LogP contribution in [0.1, 0.15) is 99.3 Å². The Morgan fingerprint density at radius 1 is 1.00 bits per heavy atom. The second-order valence-corrected chi connectivity index (χ2v) is 7.97. The van der Waals surface area contributed by atoms with Crippen molar-refractivity contribution in [2.45, 2.75) is 99.3 Å². The summed E-state index contributed by atoms with van der Waals surface area (Å²) in [6.07, 6.45) is 17.5. The van der Waals surface area contributed by atoms with Crippen LogP contribution in [0.4, 0.5) is 0 Å². The van der Waals surface area contributed by atoms with E-state index in [1.807, 2.05) is 0 Å². The first kappa shape index (κ1) is 19.8. The van der Waals surface area contributed by atoms with E-state index in [0.717, 1.165) is 23.7 Å². The van der Waals surface area contributed by atoms with Gasteiger partial charge in [-0.1, -0.05) is 91.7 Å². The summed E-state index contributed by atoms with van der Waals surface area (Å²) in [7, 11) is 0. The van der Waals surface area contributed by atoms with Crippen molar-refractivity contribution >= 4 is 0 Å². The molecule has 0 heteroatoms. The highest BCUT2D eigenvalue weighted by atomic mass is 14.6. The van der Waals surface area contributed by atoms with E-state index >= 15 is 0 Å². The van der Waals surface area contributed by atoms with Crippen molar-refractivity contribution in [1.29, 1.82) is 0 Å². The number of rotatable bonds is 12. The molecular weight excluding hydrogens is 264 g/mol. The van der Waals surface area contributed by atoms with Crippen molar-refractivity contribution in [2.75, 3.05) is 0 Å². The third kappa shape index (κ3) is 4.87. The smallest absolute Gasteiger partial charge is 0.00612 e. The normalized spacial score (nSPS) is 30.6. The molecular formula is C22H42. The SMILES string of the molecule is CC=CC1(CC)C(C)C1CC(CCCC)C(C)CCCCC. The largest absolute Gasteiger partial charge is 0.0911 e. The van der Waals surface area contributed by atoms with E-state index in [-0.39, 0.29) is 0 Å². The molecule has 5 unspecified atom stereocenters. The maximum absolute atomic E-state index is 2.53. The van der Waals surface area contributed by atoms with E-state index in [2.05, 4.69) is 53.7 Å². The highest BCUT2D eigenvalue weighted by Gasteiger charge is 2.58. The second kappa shape index (κ2) is 9.78. The van der Waals surface area contributed by atoms with Gasteiger partial charge in [-0.2, -0.15) is 0 Å². The van der Waals surface area contributed by atoms with Gasteiger partial charge >= 0.3 is 0 Å². The van der Waals surface area contributed by atoms with Crippen LogP contribution in [0.2, 0.25) is 0 Å². The van der Waals surface area contributed by atoms with Crippen LogP contribution in [0, 0.1) is 29.1 Å². The van der Waals surface area contributed by atoms with Crippen LogP contribution in [0.3, 0.4) is 0 Å². The van der Waals surface area contributed by atoms with E-state index < -0.39 is 0 Å². The summed E-state index contributed by atoms with van der Waals surface area (Å²) >= 11 is 0. The number of unbranched alkanes of at least 4 members (excludes halogenated alkanes) is 3. The predicted molar refractivity (Wildman–Crippen MR) is 101 cm³/mol. The molecule has 0 spiro atoms. The Kier molecular flexibility index (Phi) is 8.80. The second-order valence-electron chi connectivity index (χ2n) is 7.97.